The molecular formula is C17H28FN3. The van der Waals surface area contributed by atoms with Crippen LogP contribution >= 0.6 is 0 Å². The van der Waals surface area contributed by atoms with Gasteiger partial charge in [-0.2, -0.15) is 0 Å². The largest absolute Gasteiger partial charge is 0.366 e. The maximum Gasteiger partial charge on any atom is 0.146 e. The molecule has 1 aromatic rings. The predicted molar refractivity (Wildman–Crippen MR) is 87.3 cm³/mol. The summed E-state index contributed by atoms with van der Waals surface area (Å²) in [6.45, 7) is 9.12. The van der Waals surface area contributed by atoms with Gasteiger partial charge in [-0.3, -0.25) is 4.90 Å². The maximum atomic E-state index is 14.4. The number of nitrogens with zero attached hydrogens (tertiary/aromatic N) is 2. The molecule has 0 amide bonds. The molecule has 0 radical (unpaired) electrons. The smallest absolute Gasteiger partial charge is 0.146 e. The fourth-order valence-electron chi connectivity index (χ4n) is 2.94. The van der Waals surface area contributed by atoms with Gasteiger partial charge in [0.05, 0.1) is 5.69 Å². The van der Waals surface area contributed by atoms with Gasteiger partial charge in [0.1, 0.15) is 5.82 Å². The molecule has 1 heterocycles. The van der Waals surface area contributed by atoms with E-state index in [1.54, 1.807) is 12.1 Å². The van der Waals surface area contributed by atoms with Crippen LogP contribution in [0.2, 0.25) is 0 Å². The van der Waals surface area contributed by atoms with Crippen LogP contribution in [0.15, 0.2) is 18.2 Å². The van der Waals surface area contributed by atoms with Crippen LogP contribution in [0, 0.1) is 5.82 Å². The standard InChI is InChI=1S/C17H28FN3/c1-5-14(19)11-13-7-6-8-15(18)16(13)21-10-9-20(4)17(2,3)12-21/h6-8,14H,5,9-12,19H2,1-4H3. The van der Waals surface area contributed by atoms with Crippen molar-refractivity contribution in [1.29, 1.82) is 0 Å². The Bertz CT molecular complexity index is 487. The van der Waals surface area contributed by atoms with E-state index in [2.05, 4.69) is 37.6 Å². The minimum absolute atomic E-state index is 0.0463. The fourth-order valence-corrected chi connectivity index (χ4v) is 2.94. The molecule has 0 bridgehead atoms. The van der Waals surface area contributed by atoms with Gasteiger partial charge in [-0.15, -0.1) is 0 Å². The van der Waals surface area contributed by atoms with E-state index in [0.717, 1.165) is 43.7 Å². The first kappa shape index (κ1) is 16.2. The van der Waals surface area contributed by atoms with E-state index in [9.17, 15) is 4.39 Å². The lowest BCUT2D eigenvalue weighted by atomic mass is 9.96. The molecule has 2 N–H and O–H groups in total. The van der Waals surface area contributed by atoms with Crippen molar-refractivity contribution in [1.82, 2.24) is 4.90 Å². The average Bonchev–Trinajstić information content (AvgIpc) is 2.42. The Labute approximate surface area is 127 Å². The van der Waals surface area contributed by atoms with Gasteiger partial charge in [0.2, 0.25) is 0 Å². The highest BCUT2D eigenvalue weighted by molar-refractivity contribution is 5.56. The quantitative estimate of drug-likeness (QED) is 0.926. The van der Waals surface area contributed by atoms with Gasteiger partial charge in [-0.25, -0.2) is 4.39 Å². The number of benzene rings is 1. The summed E-state index contributed by atoms with van der Waals surface area (Å²) >= 11 is 0. The Morgan fingerprint density at radius 3 is 2.67 bits per heavy atom. The summed E-state index contributed by atoms with van der Waals surface area (Å²) in [4.78, 5) is 4.52. The fraction of sp³-hybridized carbons (Fsp3) is 0.647. The van der Waals surface area contributed by atoms with Crippen molar-refractivity contribution in [2.75, 3.05) is 31.6 Å². The molecule has 1 fully saturated rings. The molecule has 0 spiro atoms. The SMILES string of the molecule is CCC(N)Cc1cccc(F)c1N1CCN(C)C(C)(C)C1. The topological polar surface area (TPSA) is 32.5 Å². The molecule has 0 aliphatic carbocycles. The highest BCUT2D eigenvalue weighted by atomic mass is 19.1. The van der Waals surface area contributed by atoms with Gasteiger partial charge in [0.15, 0.2) is 0 Å². The number of piperazine rings is 1. The van der Waals surface area contributed by atoms with E-state index < -0.39 is 0 Å². The summed E-state index contributed by atoms with van der Waals surface area (Å²) in [5.41, 5.74) is 7.91. The Morgan fingerprint density at radius 2 is 2.05 bits per heavy atom. The summed E-state index contributed by atoms with van der Waals surface area (Å²) < 4.78 is 14.4. The first-order valence-electron chi connectivity index (χ1n) is 7.84. The Morgan fingerprint density at radius 1 is 1.33 bits per heavy atom. The molecule has 0 saturated carbocycles. The van der Waals surface area contributed by atoms with Crippen LogP contribution in [0.25, 0.3) is 0 Å². The van der Waals surface area contributed by atoms with Gasteiger partial charge in [-0.1, -0.05) is 19.1 Å². The number of para-hydroxylation sites is 1. The molecule has 1 unspecified atom stereocenters. The van der Waals surface area contributed by atoms with Gasteiger partial charge in [0.25, 0.3) is 0 Å². The molecule has 1 aliphatic heterocycles. The summed E-state index contributed by atoms with van der Waals surface area (Å²) in [7, 11) is 2.13. The van der Waals surface area contributed by atoms with Crippen molar-refractivity contribution < 1.29 is 4.39 Å². The Balaban J connectivity index is 2.30. The molecule has 21 heavy (non-hydrogen) atoms. The monoisotopic (exact) mass is 293 g/mol. The molecule has 118 valence electrons. The van der Waals surface area contributed by atoms with E-state index in [1.807, 2.05) is 6.07 Å². The lowest BCUT2D eigenvalue weighted by Gasteiger charge is -2.46. The van der Waals surface area contributed by atoms with Gasteiger partial charge < -0.3 is 10.6 Å². The van der Waals surface area contributed by atoms with Crippen LogP contribution in [-0.2, 0) is 6.42 Å². The summed E-state index contributed by atoms with van der Waals surface area (Å²) in [5, 5.41) is 0. The van der Waals surface area contributed by atoms with Crippen LogP contribution in [0.4, 0.5) is 10.1 Å². The number of anilines is 1. The van der Waals surface area contributed by atoms with Crippen molar-refractivity contribution in [2.45, 2.75) is 45.2 Å². The first-order chi connectivity index (χ1) is 9.85. The van der Waals surface area contributed by atoms with E-state index in [0.29, 0.717) is 0 Å². The zero-order chi connectivity index (χ0) is 15.6. The van der Waals surface area contributed by atoms with Crippen molar-refractivity contribution in [3.63, 3.8) is 0 Å². The molecule has 0 aromatic heterocycles. The number of nitrogens with two attached hydrogens (primary N) is 1. The van der Waals surface area contributed by atoms with Gasteiger partial charge in [0, 0.05) is 31.2 Å². The van der Waals surface area contributed by atoms with Crippen LogP contribution in [-0.4, -0.2) is 43.2 Å². The summed E-state index contributed by atoms with van der Waals surface area (Å²) in [5.74, 6) is -0.129. The zero-order valence-corrected chi connectivity index (χ0v) is 13.7. The highest BCUT2D eigenvalue weighted by Gasteiger charge is 2.32. The average molecular weight is 293 g/mol. The molecule has 1 aliphatic rings. The lowest BCUT2D eigenvalue weighted by molar-refractivity contribution is 0.138. The lowest BCUT2D eigenvalue weighted by Crippen LogP contribution is -2.58. The van der Waals surface area contributed by atoms with Crippen molar-refractivity contribution in [3.05, 3.63) is 29.6 Å². The molecule has 3 nitrogen and oxygen atoms in total. The van der Waals surface area contributed by atoms with Gasteiger partial charge in [-0.05, 0) is 45.4 Å². The van der Waals surface area contributed by atoms with Crippen LogP contribution in [0.3, 0.4) is 0 Å². The van der Waals surface area contributed by atoms with E-state index in [-0.39, 0.29) is 17.4 Å². The second-order valence-corrected chi connectivity index (χ2v) is 6.78. The molecule has 2 rings (SSSR count). The van der Waals surface area contributed by atoms with Crippen molar-refractivity contribution in [3.8, 4) is 0 Å². The second kappa shape index (κ2) is 6.32. The van der Waals surface area contributed by atoms with E-state index >= 15 is 0 Å². The third-order valence-corrected chi connectivity index (χ3v) is 4.71. The van der Waals surface area contributed by atoms with Crippen molar-refractivity contribution >= 4 is 5.69 Å². The molecule has 4 heteroatoms. The molecule has 1 aromatic carbocycles. The minimum Gasteiger partial charge on any atom is -0.366 e. The number of likely N-dealkylation sites (N-methyl/N-ethyl adjacent to an activating group) is 1. The van der Waals surface area contributed by atoms with Crippen molar-refractivity contribution in [2.24, 2.45) is 5.73 Å². The maximum absolute atomic E-state index is 14.4. The molecule has 1 saturated heterocycles. The Hall–Kier alpha value is -1.13. The first-order valence-corrected chi connectivity index (χ1v) is 7.84. The van der Waals surface area contributed by atoms with Gasteiger partial charge >= 0.3 is 0 Å². The number of hydrogen-bond acceptors (Lipinski definition) is 3. The normalized spacial score (nSPS) is 20.6. The Kier molecular flexibility index (Phi) is 4.89. The van der Waals surface area contributed by atoms with Crippen LogP contribution in [0.1, 0.15) is 32.8 Å². The van der Waals surface area contributed by atoms with Crippen LogP contribution in [0.5, 0.6) is 0 Å². The summed E-state index contributed by atoms with van der Waals surface area (Å²) in [6.07, 6.45) is 1.64. The second-order valence-electron chi connectivity index (χ2n) is 6.78. The number of halogens is 1. The molecule has 1 atom stereocenters. The number of hydrogen-bond donors (Lipinski definition) is 1. The summed E-state index contributed by atoms with van der Waals surface area (Å²) in [6, 6.07) is 5.45. The number of rotatable bonds is 4. The predicted octanol–water partition coefficient (Wildman–Crippen LogP) is 2.64. The minimum atomic E-state index is -0.129. The van der Waals surface area contributed by atoms with E-state index in [4.69, 9.17) is 5.73 Å². The highest BCUT2D eigenvalue weighted by Crippen LogP contribution is 2.30. The third-order valence-electron chi connectivity index (χ3n) is 4.71. The third kappa shape index (κ3) is 3.55. The van der Waals surface area contributed by atoms with Crippen LogP contribution < -0.4 is 10.6 Å². The zero-order valence-electron chi connectivity index (χ0n) is 13.7. The van der Waals surface area contributed by atoms with E-state index in [1.165, 1.54) is 0 Å². The molecular weight excluding hydrogens is 265 g/mol.